The predicted octanol–water partition coefficient (Wildman–Crippen LogP) is 1.46. The van der Waals surface area contributed by atoms with E-state index in [1.807, 2.05) is 0 Å². The second-order valence-corrected chi connectivity index (χ2v) is 6.34. The van der Waals surface area contributed by atoms with Gasteiger partial charge in [-0.2, -0.15) is 4.31 Å². The molecule has 4 nitrogen and oxygen atoms in total. The smallest absolute Gasteiger partial charge is 0.245 e. The van der Waals surface area contributed by atoms with E-state index in [9.17, 15) is 12.8 Å². The van der Waals surface area contributed by atoms with Crippen LogP contribution in [0.3, 0.4) is 0 Å². The minimum absolute atomic E-state index is 0.195. The molecular weight excluding hydrogens is 255 g/mol. The topological polar surface area (TPSA) is 63.4 Å². The number of hydrogen-bond donors (Lipinski definition) is 1. The van der Waals surface area contributed by atoms with Crippen LogP contribution in [0.2, 0.25) is 0 Å². The number of piperidine rings is 1. The number of benzene rings is 1. The molecule has 0 aromatic heterocycles. The highest BCUT2D eigenvalue weighted by atomic mass is 32.2. The first kappa shape index (κ1) is 13.5. The summed E-state index contributed by atoms with van der Waals surface area (Å²) in [4.78, 5) is -0.249. The van der Waals surface area contributed by atoms with Crippen LogP contribution in [0.25, 0.3) is 0 Å². The van der Waals surface area contributed by atoms with E-state index >= 15 is 0 Å². The van der Waals surface area contributed by atoms with Crippen LogP contribution in [0.1, 0.15) is 24.8 Å². The highest BCUT2D eigenvalue weighted by Crippen LogP contribution is 2.23. The third kappa shape index (κ3) is 2.55. The second-order valence-electron chi connectivity index (χ2n) is 4.43. The normalized spacial score (nSPS) is 17.9. The SMILES string of the molecule is NCc1ccc(S(=O)(=O)N2CCCCC2)c(F)c1. The average Bonchev–Trinajstić information content (AvgIpc) is 2.39. The third-order valence-electron chi connectivity index (χ3n) is 3.16. The van der Waals surface area contributed by atoms with Gasteiger partial charge in [-0.1, -0.05) is 12.5 Å². The summed E-state index contributed by atoms with van der Waals surface area (Å²) < 4.78 is 39.7. The standard InChI is InChI=1S/C12H17FN2O2S/c13-11-8-10(9-14)4-5-12(11)18(16,17)15-6-2-1-3-7-15/h4-5,8H,1-3,6-7,9,14H2. The van der Waals surface area contributed by atoms with E-state index in [0.717, 1.165) is 19.3 Å². The Labute approximate surface area is 107 Å². The van der Waals surface area contributed by atoms with E-state index in [-0.39, 0.29) is 11.4 Å². The molecular formula is C12H17FN2O2S. The van der Waals surface area contributed by atoms with Crippen molar-refractivity contribution in [2.45, 2.75) is 30.7 Å². The van der Waals surface area contributed by atoms with Gasteiger partial charge in [0, 0.05) is 19.6 Å². The fraction of sp³-hybridized carbons (Fsp3) is 0.500. The van der Waals surface area contributed by atoms with Gasteiger partial charge in [-0.25, -0.2) is 12.8 Å². The van der Waals surface area contributed by atoms with Crippen LogP contribution in [-0.2, 0) is 16.6 Å². The summed E-state index contributed by atoms with van der Waals surface area (Å²) in [6, 6.07) is 4.05. The first-order valence-electron chi connectivity index (χ1n) is 6.04. The summed E-state index contributed by atoms with van der Waals surface area (Å²) in [5.74, 6) is -0.719. The molecule has 0 atom stereocenters. The molecule has 2 N–H and O–H groups in total. The molecule has 100 valence electrons. The molecule has 0 saturated carbocycles. The molecule has 1 aliphatic rings. The quantitative estimate of drug-likeness (QED) is 0.906. The van der Waals surface area contributed by atoms with Crippen molar-refractivity contribution in [2.75, 3.05) is 13.1 Å². The Hall–Kier alpha value is -0.980. The number of hydrogen-bond acceptors (Lipinski definition) is 3. The maximum atomic E-state index is 13.8. The molecule has 0 radical (unpaired) electrons. The summed E-state index contributed by atoms with van der Waals surface area (Å²) in [7, 11) is -3.70. The lowest BCUT2D eigenvalue weighted by Gasteiger charge is -2.26. The van der Waals surface area contributed by atoms with Crippen LogP contribution in [0, 0.1) is 5.82 Å². The summed E-state index contributed by atoms with van der Waals surface area (Å²) in [6.45, 7) is 1.14. The minimum Gasteiger partial charge on any atom is -0.326 e. The molecule has 1 aromatic rings. The van der Waals surface area contributed by atoms with Gasteiger partial charge in [-0.3, -0.25) is 0 Å². The largest absolute Gasteiger partial charge is 0.326 e. The Morgan fingerprint density at radius 1 is 1.22 bits per heavy atom. The van der Waals surface area contributed by atoms with Crippen LogP contribution >= 0.6 is 0 Å². The molecule has 0 unspecified atom stereocenters. The molecule has 1 heterocycles. The van der Waals surface area contributed by atoms with Crippen molar-refractivity contribution in [2.24, 2.45) is 5.73 Å². The number of sulfonamides is 1. The fourth-order valence-corrected chi connectivity index (χ4v) is 3.69. The zero-order valence-corrected chi connectivity index (χ0v) is 10.9. The average molecular weight is 272 g/mol. The molecule has 2 rings (SSSR count). The molecule has 0 aliphatic carbocycles. The molecule has 0 amide bonds. The summed E-state index contributed by atoms with van der Waals surface area (Å²) >= 11 is 0. The van der Waals surface area contributed by atoms with Crippen LogP contribution in [0.15, 0.2) is 23.1 Å². The van der Waals surface area contributed by atoms with E-state index in [0.29, 0.717) is 18.7 Å². The zero-order chi connectivity index (χ0) is 13.2. The monoisotopic (exact) mass is 272 g/mol. The van der Waals surface area contributed by atoms with Crippen molar-refractivity contribution >= 4 is 10.0 Å². The van der Waals surface area contributed by atoms with E-state index in [1.54, 1.807) is 6.07 Å². The van der Waals surface area contributed by atoms with Gasteiger partial charge in [-0.05, 0) is 30.5 Å². The van der Waals surface area contributed by atoms with Gasteiger partial charge >= 0.3 is 0 Å². The lowest BCUT2D eigenvalue weighted by atomic mass is 10.2. The van der Waals surface area contributed by atoms with E-state index in [4.69, 9.17) is 5.73 Å². The number of rotatable bonds is 3. The first-order chi connectivity index (χ1) is 8.55. The number of nitrogens with zero attached hydrogens (tertiary/aromatic N) is 1. The lowest BCUT2D eigenvalue weighted by molar-refractivity contribution is 0.345. The molecule has 0 spiro atoms. The lowest BCUT2D eigenvalue weighted by Crippen LogP contribution is -2.36. The molecule has 1 saturated heterocycles. The molecule has 6 heteroatoms. The van der Waals surface area contributed by atoms with Gasteiger partial charge in [-0.15, -0.1) is 0 Å². The molecule has 1 aromatic carbocycles. The van der Waals surface area contributed by atoms with E-state index in [2.05, 4.69) is 0 Å². The molecule has 0 bridgehead atoms. The summed E-state index contributed by atoms with van der Waals surface area (Å²) in [5, 5.41) is 0. The van der Waals surface area contributed by atoms with Crippen molar-refractivity contribution in [3.8, 4) is 0 Å². The minimum atomic E-state index is -3.70. The van der Waals surface area contributed by atoms with Crippen molar-refractivity contribution in [3.63, 3.8) is 0 Å². The predicted molar refractivity (Wildman–Crippen MR) is 66.9 cm³/mol. The Bertz CT molecular complexity index is 525. The van der Waals surface area contributed by atoms with Crippen molar-refractivity contribution in [1.29, 1.82) is 0 Å². The van der Waals surface area contributed by atoms with Crippen LogP contribution in [0.4, 0.5) is 4.39 Å². The Balaban J connectivity index is 2.34. The van der Waals surface area contributed by atoms with Crippen molar-refractivity contribution < 1.29 is 12.8 Å². The second kappa shape index (κ2) is 5.34. The van der Waals surface area contributed by atoms with Gasteiger partial charge in [0.15, 0.2) is 0 Å². The first-order valence-corrected chi connectivity index (χ1v) is 7.48. The van der Waals surface area contributed by atoms with Crippen molar-refractivity contribution in [3.05, 3.63) is 29.6 Å². The summed E-state index contributed by atoms with van der Waals surface area (Å²) in [6.07, 6.45) is 2.70. The number of halogens is 1. The van der Waals surface area contributed by atoms with Crippen LogP contribution in [0.5, 0.6) is 0 Å². The van der Waals surface area contributed by atoms with Gasteiger partial charge in [0.2, 0.25) is 10.0 Å². The Morgan fingerprint density at radius 3 is 2.44 bits per heavy atom. The Morgan fingerprint density at radius 2 is 1.89 bits per heavy atom. The zero-order valence-electron chi connectivity index (χ0n) is 10.1. The van der Waals surface area contributed by atoms with Gasteiger partial charge in [0.25, 0.3) is 0 Å². The molecule has 18 heavy (non-hydrogen) atoms. The number of nitrogens with two attached hydrogens (primary N) is 1. The fourth-order valence-electron chi connectivity index (χ4n) is 2.12. The maximum absolute atomic E-state index is 13.8. The van der Waals surface area contributed by atoms with Gasteiger partial charge < -0.3 is 5.73 Å². The van der Waals surface area contributed by atoms with Crippen LogP contribution < -0.4 is 5.73 Å². The van der Waals surface area contributed by atoms with Gasteiger partial charge in [0.1, 0.15) is 10.7 Å². The van der Waals surface area contributed by atoms with E-state index in [1.165, 1.54) is 16.4 Å². The maximum Gasteiger partial charge on any atom is 0.245 e. The molecule has 1 fully saturated rings. The highest BCUT2D eigenvalue weighted by Gasteiger charge is 2.28. The van der Waals surface area contributed by atoms with Crippen LogP contribution in [-0.4, -0.2) is 25.8 Å². The summed E-state index contributed by atoms with van der Waals surface area (Å²) in [5.41, 5.74) is 5.98. The third-order valence-corrected chi connectivity index (χ3v) is 5.10. The van der Waals surface area contributed by atoms with E-state index < -0.39 is 15.8 Å². The van der Waals surface area contributed by atoms with Crippen molar-refractivity contribution in [1.82, 2.24) is 4.31 Å². The Kier molecular flexibility index (Phi) is 3.99. The van der Waals surface area contributed by atoms with Gasteiger partial charge in [0.05, 0.1) is 0 Å². The highest BCUT2D eigenvalue weighted by molar-refractivity contribution is 7.89. The molecule has 1 aliphatic heterocycles.